The maximum atomic E-state index is 2.12. The van der Waals surface area contributed by atoms with E-state index in [1.807, 2.05) is 170 Å². The Kier molecular flexibility index (Phi) is 23.1. The van der Waals surface area contributed by atoms with Crippen LogP contribution in [0.1, 0.15) is 6.42 Å². The average molecular weight is 687 g/mol. The normalized spacial score (nSPS) is 9.66. The van der Waals surface area contributed by atoms with Gasteiger partial charge in [-0.25, -0.2) is 0 Å². The fourth-order valence-electron chi connectivity index (χ4n) is 4.45. The van der Waals surface area contributed by atoms with Crippen LogP contribution in [-0.2, 0) is 0 Å². The van der Waals surface area contributed by atoms with E-state index in [9.17, 15) is 0 Å². The van der Waals surface area contributed by atoms with E-state index in [2.05, 4.69) is 121 Å². The molecule has 0 heteroatoms. The van der Waals surface area contributed by atoms with E-state index in [0.29, 0.717) is 0 Å². The molecule has 0 amide bonds. The van der Waals surface area contributed by atoms with E-state index in [1.165, 1.54) is 22.3 Å². The van der Waals surface area contributed by atoms with Crippen molar-refractivity contribution in [3.05, 3.63) is 291 Å². The minimum Gasteiger partial charge on any atom is -0.0808 e. The van der Waals surface area contributed by atoms with Crippen molar-refractivity contribution in [3.8, 4) is 22.3 Å². The van der Waals surface area contributed by atoms with Gasteiger partial charge < -0.3 is 0 Å². The van der Waals surface area contributed by atoms with Crippen LogP contribution in [0.2, 0.25) is 0 Å². The standard InChI is InChI=1S/2C12H10.4C6H6.C5H6/c2*1-3-7-11(8-4-1)12-9-5-2-6-10-12;4*1-2-4-6-5-3-1;1-2-4-5-3-1/h2*1-10H;4*1-6H;1-4H,5H2. The summed E-state index contributed by atoms with van der Waals surface area (Å²) in [6.45, 7) is 0. The molecule has 8 aromatic carbocycles. The van der Waals surface area contributed by atoms with Crippen molar-refractivity contribution in [2.75, 3.05) is 0 Å². The first kappa shape index (κ1) is 40.7. The lowest BCUT2D eigenvalue weighted by molar-refractivity contribution is 1.45. The van der Waals surface area contributed by atoms with Gasteiger partial charge in [-0.05, 0) is 28.7 Å². The van der Waals surface area contributed by atoms with E-state index < -0.39 is 0 Å². The van der Waals surface area contributed by atoms with Gasteiger partial charge >= 0.3 is 0 Å². The summed E-state index contributed by atoms with van der Waals surface area (Å²) in [4.78, 5) is 0. The van der Waals surface area contributed by atoms with E-state index >= 15 is 0 Å². The first-order valence-corrected chi connectivity index (χ1v) is 18.0. The lowest BCUT2D eigenvalue weighted by atomic mass is 10.1. The summed E-state index contributed by atoms with van der Waals surface area (Å²) in [6.07, 6.45) is 9.50. The van der Waals surface area contributed by atoms with Crippen LogP contribution in [-0.4, -0.2) is 0 Å². The zero-order chi connectivity index (χ0) is 37.0. The van der Waals surface area contributed by atoms with Gasteiger partial charge in [-0.2, -0.15) is 0 Å². The van der Waals surface area contributed by atoms with Crippen molar-refractivity contribution in [2.24, 2.45) is 0 Å². The fraction of sp³-hybridized carbons (Fsp3) is 0.0189. The zero-order valence-electron chi connectivity index (χ0n) is 30.4. The molecule has 0 nitrogen and oxygen atoms in total. The third-order valence-electron chi connectivity index (χ3n) is 7.08. The highest BCUT2D eigenvalue weighted by Crippen LogP contribution is 2.18. The molecular weight excluding hydrogens is 637 g/mol. The van der Waals surface area contributed by atoms with Crippen molar-refractivity contribution >= 4 is 0 Å². The molecule has 0 spiro atoms. The molecule has 8 aromatic rings. The van der Waals surface area contributed by atoms with Crippen molar-refractivity contribution in [3.63, 3.8) is 0 Å². The van der Waals surface area contributed by atoms with Gasteiger partial charge in [-0.3, -0.25) is 0 Å². The molecule has 0 N–H and O–H groups in total. The number of hydrogen-bond donors (Lipinski definition) is 0. The van der Waals surface area contributed by atoms with Gasteiger partial charge in [0.05, 0.1) is 0 Å². The Morgan fingerprint density at radius 2 is 0.302 bits per heavy atom. The van der Waals surface area contributed by atoms with Crippen molar-refractivity contribution in [1.82, 2.24) is 0 Å². The van der Waals surface area contributed by atoms with Gasteiger partial charge in [0.1, 0.15) is 0 Å². The zero-order valence-corrected chi connectivity index (χ0v) is 30.4. The Balaban J connectivity index is 0.000000172. The van der Waals surface area contributed by atoms with Crippen LogP contribution < -0.4 is 0 Å². The number of allylic oxidation sites excluding steroid dienone is 4. The van der Waals surface area contributed by atoms with Crippen LogP contribution in [0.5, 0.6) is 0 Å². The largest absolute Gasteiger partial charge is 0.0808 e. The quantitative estimate of drug-likeness (QED) is 0.170. The third-order valence-corrected chi connectivity index (χ3v) is 7.08. The Hall–Kier alpha value is -6.76. The van der Waals surface area contributed by atoms with Crippen molar-refractivity contribution in [1.29, 1.82) is 0 Å². The first-order chi connectivity index (χ1) is 26.4. The minimum atomic E-state index is 1.14. The second-order valence-electron chi connectivity index (χ2n) is 11.2. The Morgan fingerprint density at radius 1 is 0.170 bits per heavy atom. The molecule has 53 heavy (non-hydrogen) atoms. The molecule has 0 aliphatic heterocycles. The van der Waals surface area contributed by atoms with Crippen LogP contribution in [0.15, 0.2) is 291 Å². The summed E-state index contributed by atoms with van der Waals surface area (Å²) in [6, 6.07) is 89.6. The van der Waals surface area contributed by atoms with Crippen LogP contribution >= 0.6 is 0 Å². The molecule has 0 radical (unpaired) electrons. The van der Waals surface area contributed by atoms with Crippen LogP contribution in [0.4, 0.5) is 0 Å². The Bertz CT molecular complexity index is 1530. The molecule has 1 aliphatic carbocycles. The summed E-state index contributed by atoms with van der Waals surface area (Å²) < 4.78 is 0. The molecular formula is C53H50. The van der Waals surface area contributed by atoms with E-state index in [1.54, 1.807) is 0 Å². The van der Waals surface area contributed by atoms with E-state index in [4.69, 9.17) is 0 Å². The molecule has 0 atom stereocenters. The average Bonchev–Trinajstić information content (AvgIpc) is 3.90. The van der Waals surface area contributed by atoms with Crippen molar-refractivity contribution in [2.45, 2.75) is 6.42 Å². The maximum absolute atomic E-state index is 2.12. The molecule has 0 aromatic heterocycles. The Labute approximate surface area is 318 Å². The first-order valence-electron chi connectivity index (χ1n) is 18.0. The molecule has 0 heterocycles. The van der Waals surface area contributed by atoms with Gasteiger partial charge in [0.2, 0.25) is 0 Å². The number of benzene rings is 8. The van der Waals surface area contributed by atoms with E-state index in [0.717, 1.165) is 6.42 Å². The van der Waals surface area contributed by atoms with Gasteiger partial charge in [0.25, 0.3) is 0 Å². The third kappa shape index (κ3) is 21.8. The monoisotopic (exact) mass is 686 g/mol. The summed E-state index contributed by atoms with van der Waals surface area (Å²) in [7, 11) is 0. The molecule has 0 fully saturated rings. The van der Waals surface area contributed by atoms with Gasteiger partial charge in [-0.1, -0.05) is 291 Å². The predicted molar refractivity (Wildman–Crippen MR) is 232 cm³/mol. The molecule has 0 saturated heterocycles. The van der Waals surface area contributed by atoms with Gasteiger partial charge in [0.15, 0.2) is 0 Å². The summed E-state index contributed by atoms with van der Waals surface area (Å²) in [5, 5.41) is 0. The SMILES string of the molecule is C1=CCC=C1.c1ccc(-c2ccccc2)cc1.c1ccc(-c2ccccc2)cc1.c1ccccc1.c1ccccc1.c1ccccc1.c1ccccc1. The van der Waals surface area contributed by atoms with Gasteiger partial charge in [-0.15, -0.1) is 0 Å². The van der Waals surface area contributed by atoms with Crippen LogP contribution in [0, 0.1) is 0 Å². The molecule has 9 rings (SSSR count). The van der Waals surface area contributed by atoms with Gasteiger partial charge in [0, 0.05) is 0 Å². The highest BCUT2D eigenvalue weighted by Gasteiger charge is 1.92. The Morgan fingerprint density at radius 3 is 0.415 bits per heavy atom. The predicted octanol–water partition coefficient (Wildman–Crippen LogP) is 15.0. The van der Waals surface area contributed by atoms with Crippen LogP contribution in [0.25, 0.3) is 22.3 Å². The van der Waals surface area contributed by atoms with Crippen LogP contribution in [0.3, 0.4) is 0 Å². The number of rotatable bonds is 2. The fourth-order valence-corrected chi connectivity index (χ4v) is 4.45. The summed E-state index contributed by atoms with van der Waals surface area (Å²) in [5.41, 5.74) is 5.10. The van der Waals surface area contributed by atoms with Crippen molar-refractivity contribution < 1.29 is 0 Å². The molecule has 0 unspecified atom stereocenters. The molecule has 1 aliphatic rings. The number of hydrogen-bond acceptors (Lipinski definition) is 0. The summed E-state index contributed by atoms with van der Waals surface area (Å²) in [5.74, 6) is 0. The molecule has 0 bridgehead atoms. The molecule has 262 valence electrons. The van der Waals surface area contributed by atoms with E-state index in [-0.39, 0.29) is 0 Å². The smallest absolute Gasteiger partial charge is 0.0163 e. The minimum absolute atomic E-state index is 1.14. The summed E-state index contributed by atoms with van der Waals surface area (Å²) >= 11 is 0. The lowest BCUT2D eigenvalue weighted by Gasteiger charge is -1.98. The second-order valence-corrected chi connectivity index (χ2v) is 11.2. The topological polar surface area (TPSA) is 0 Å². The molecule has 0 saturated carbocycles. The lowest BCUT2D eigenvalue weighted by Crippen LogP contribution is -1.73. The highest BCUT2D eigenvalue weighted by atomic mass is 14.0. The highest BCUT2D eigenvalue weighted by molar-refractivity contribution is 5.63. The maximum Gasteiger partial charge on any atom is -0.0163 e. The second kappa shape index (κ2) is 30.1.